The number of thiocarbonyl (C=S) groups is 1. The van der Waals surface area contributed by atoms with Crippen LogP contribution in [0.2, 0.25) is 0 Å². The van der Waals surface area contributed by atoms with Crippen molar-refractivity contribution < 1.29 is 13.2 Å². The fourth-order valence-electron chi connectivity index (χ4n) is 5.69. The molecule has 0 aromatic carbocycles. The van der Waals surface area contributed by atoms with Gasteiger partial charge in [0.1, 0.15) is 0 Å². The molecule has 26 heavy (non-hydrogen) atoms. The van der Waals surface area contributed by atoms with Crippen LogP contribution in [0, 0.1) is 16.7 Å². The lowest BCUT2D eigenvalue weighted by Crippen LogP contribution is -2.54. The van der Waals surface area contributed by atoms with Crippen LogP contribution < -0.4 is 5.32 Å². The maximum Gasteiger partial charge on any atom is 0.253 e. The van der Waals surface area contributed by atoms with Gasteiger partial charge in [-0.25, -0.2) is 12.7 Å². The number of carbonyl (C=O) groups is 1. The third-order valence-corrected chi connectivity index (χ3v) is 9.92. The molecule has 2 aliphatic carbocycles. The molecule has 1 N–H and O–H groups in total. The van der Waals surface area contributed by atoms with E-state index in [1.165, 1.54) is 4.31 Å². The van der Waals surface area contributed by atoms with Gasteiger partial charge in [0.15, 0.2) is 0 Å². The fraction of sp³-hybridized carbons (Fsp3) is 0.889. The zero-order valence-electron chi connectivity index (χ0n) is 15.8. The van der Waals surface area contributed by atoms with Gasteiger partial charge in [0.05, 0.1) is 17.8 Å². The number of thiol groups is 1. The van der Waals surface area contributed by atoms with Gasteiger partial charge in [0.25, 0.3) is 5.91 Å². The average molecular weight is 419 g/mol. The van der Waals surface area contributed by atoms with E-state index in [1.807, 2.05) is 6.92 Å². The molecule has 3 aliphatic rings. The molecular weight excluding hydrogens is 388 g/mol. The molecule has 0 aromatic rings. The summed E-state index contributed by atoms with van der Waals surface area (Å²) in [6.07, 6.45) is 4.16. The van der Waals surface area contributed by atoms with Crippen LogP contribution in [0.15, 0.2) is 0 Å². The van der Waals surface area contributed by atoms with E-state index in [2.05, 4.69) is 31.8 Å². The standard InChI is InChI=1S/C18H30N2O3S3/c1-4-5-14(19-13(9-24)10-25)16(21)20-15-8-12-6-7-18(15,17(12,2)3)11-26(20,22)23/h9,12-15,19,25H,4-8,10-11H2,1-3H3/t12?,13?,14-,15?,18+/m1/s1. The molecule has 8 heteroatoms. The smallest absolute Gasteiger partial charge is 0.253 e. The molecule has 5 atom stereocenters. The highest BCUT2D eigenvalue weighted by Crippen LogP contribution is 2.70. The monoisotopic (exact) mass is 418 g/mol. The lowest BCUT2D eigenvalue weighted by atomic mass is 9.69. The van der Waals surface area contributed by atoms with Gasteiger partial charge in [-0.15, -0.1) is 0 Å². The minimum Gasteiger partial charge on any atom is -0.298 e. The van der Waals surface area contributed by atoms with Crippen molar-refractivity contribution in [1.29, 1.82) is 0 Å². The molecule has 3 fully saturated rings. The molecule has 1 amide bonds. The van der Waals surface area contributed by atoms with Crippen LogP contribution in [-0.4, -0.2) is 53.6 Å². The minimum atomic E-state index is -3.58. The Morgan fingerprint density at radius 3 is 2.69 bits per heavy atom. The first-order valence-corrected chi connectivity index (χ1v) is 12.2. The molecule has 0 radical (unpaired) electrons. The minimum absolute atomic E-state index is 0.0323. The Bertz CT molecular complexity index is 694. The normalized spacial score (nSPS) is 35.9. The van der Waals surface area contributed by atoms with Crippen LogP contribution in [0.4, 0.5) is 0 Å². The molecule has 2 bridgehead atoms. The lowest BCUT2D eigenvalue weighted by Gasteiger charge is -2.37. The second-order valence-electron chi connectivity index (χ2n) is 8.69. The number of nitrogens with zero attached hydrogens (tertiary/aromatic N) is 1. The van der Waals surface area contributed by atoms with Crippen molar-refractivity contribution in [3.05, 3.63) is 0 Å². The zero-order chi connectivity index (χ0) is 19.3. The lowest BCUT2D eigenvalue weighted by molar-refractivity contribution is -0.131. The summed E-state index contributed by atoms with van der Waals surface area (Å²) in [5.41, 5.74) is -0.314. The highest BCUT2D eigenvalue weighted by atomic mass is 32.2. The van der Waals surface area contributed by atoms with E-state index in [1.54, 1.807) is 5.37 Å². The van der Waals surface area contributed by atoms with Crippen molar-refractivity contribution in [2.24, 2.45) is 16.7 Å². The number of hydrogen-bond acceptors (Lipinski definition) is 6. The Hall–Kier alpha value is -0.180. The van der Waals surface area contributed by atoms with Crippen LogP contribution in [0.5, 0.6) is 0 Å². The SMILES string of the molecule is CCC[C@@H](NC(C=S)CS)C(=O)N1C2CC3CC[C@@]2(CS1(=O)=O)C3(C)C. The average Bonchev–Trinajstić information content (AvgIpc) is 3.05. The van der Waals surface area contributed by atoms with Crippen LogP contribution in [0.3, 0.4) is 0 Å². The molecule has 1 heterocycles. The summed E-state index contributed by atoms with van der Waals surface area (Å²) in [4.78, 5) is 13.4. The molecule has 148 valence electrons. The van der Waals surface area contributed by atoms with E-state index in [4.69, 9.17) is 12.2 Å². The molecule has 1 saturated heterocycles. The summed E-state index contributed by atoms with van der Waals surface area (Å²) in [7, 11) is -3.58. The van der Waals surface area contributed by atoms with Crippen LogP contribution in [-0.2, 0) is 14.8 Å². The number of sulfonamides is 1. The summed E-state index contributed by atoms with van der Waals surface area (Å²) >= 11 is 9.27. The first-order valence-electron chi connectivity index (χ1n) is 9.52. The van der Waals surface area contributed by atoms with Crippen LogP contribution in [0.1, 0.15) is 52.9 Å². The van der Waals surface area contributed by atoms with Crippen molar-refractivity contribution in [1.82, 2.24) is 9.62 Å². The first kappa shape index (κ1) is 20.6. The van der Waals surface area contributed by atoms with Crippen molar-refractivity contribution in [3.63, 3.8) is 0 Å². The van der Waals surface area contributed by atoms with Gasteiger partial charge in [0, 0.05) is 17.2 Å². The van der Waals surface area contributed by atoms with E-state index in [0.717, 1.165) is 25.7 Å². The van der Waals surface area contributed by atoms with E-state index in [0.29, 0.717) is 18.1 Å². The van der Waals surface area contributed by atoms with Gasteiger partial charge in [-0.2, -0.15) is 12.6 Å². The van der Waals surface area contributed by atoms with Crippen LogP contribution >= 0.6 is 24.8 Å². The number of nitrogens with one attached hydrogen (secondary N) is 1. The summed E-state index contributed by atoms with van der Waals surface area (Å²) in [5, 5.41) is 4.78. The summed E-state index contributed by atoms with van der Waals surface area (Å²) in [6.45, 7) is 6.38. The van der Waals surface area contributed by atoms with E-state index >= 15 is 0 Å². The zero-order valence-corrected chi connectivity index (χ0v) is 18.3. The topological polar surface area (TPSA) is 66.5 Å². The van der Waals surface area contributed by atoms with Gasteiger partial charge >= 0.3 is 0 Å². The molecule has 0 aromatic heterocycles. The highest BCUT2D eigenvalue weighted by molar-refractivity contribution is 7.90. The van der Waals surface area contributed by atoms with Gasteiger partial charge in [-0.3, -0.25) is 10.1 Å². The number of hydrogen-bond donors (Lipinski definition) is 2. The second-order valence-corrected chi connectivity index (χ2v) is 11.2. The van der Waals surface area contributed by atoms with Gasteiger partial charge in [0.2, 0.25) is 10.0 Å². The molecule has 1 aliphatic heterocycles. The van der Waals surface area contributed by atoms with E-state index in [9.17, 15) is 13.2 Å². The third-order valence-electron chi connectivity index (χ3n) is 7.28. The van der Waals surface area contributed by atoms with Crippen molar-refractivity contribution >= 4 is 46.1 Å². The predicted octanol–water partition coefficient (Wildman–Crippen LogP) is 2.41. The third kappa shape index (κ3) is 2.86. The molecular formula is C18H30N2O3S3. The number of carbonyl (C=O) groups excluding carboxylic acids is 1. The largest absolute Gasteiger partial charge is 0.298 e. The number of amides is 1. The number of rotatable bonds is 7. The summed E-state index contributed by atoms with van der Waals surface area (Å²) in [6, 6.07) is -0.912. The quantitative estimate of drug-likeness (QED) is 0.491. The van der Waals surface area contributed by atoms with E-state index in [-0.39, 0.29) is 34.6 Å². The Labute approximate surface area is 168 Å². The molecule has 1 spiro atoms. The summed E-state index contributed by atoms with van der Waals surface area (Å²) in [5.74, 6) is 0.788. The molecule has 3 rings (SSSR count). The van der Waals surface area contributed by atoms with Crippen molar-refractivity contribution in [3.8, 4) is 0 Å². The summed E-state index contributed by atoms with van der Waals surface area (Å²) < 4.78 is 27.4. The molecule has 3 unspecified atom stereocenters. The fourth-order valence-corrected chi connectivity index (χ4v) is 8.80. The van der Waals surface area contributed by atoms with Gasteiger partial charge < -0.3 is 0 Å². The Morgan fingerprint density at radius 1 is 1.46 bits per heavy atom. The van der Waals surface area contributed by atoms with Crippen LogP contribution in [0.25, 0.3) is 0 Å². The molecule has 5 nitrogen and oxygen atoms in total. The van der Waals surface area contributed by atoms with Gasteiger partial charge in [-0.1, -0.05) is 39.4 Å². The maximum atomic E-state index is 13.4. The first-order chi connectivity index (χ1) is 12.1. The molecule has 2 saturated carbocycles. The Balaban J connectivity index is 1.92. The Morgan fingerprint density at radius 2 is 2.15 bits per heavy atom. The van der Waals surface area contributed by atoms with Crippen molar-refractivity contribution in [2.45, 2.75) is 71.0 Å². The Kier molecular flexibility index (Phi) is 5.54. The predicted molar refractivity (Wildman–Crippen MR) is 111 cm³/mol. The maximum absolute atomic E-state index is 13.4. The number of fused-ring (bicyclic) bond motifs is 1. The highest BCUT2D eigenvalue weighted by Gasteiger charge is 2.72. The van der Waals surface area contributed by atoms with Gasteiger partial charge in [-0.05, 0) is 42.4 Å². The second kappa shape index (κ2) is 7.01. The van der Waals surface area contributed by atoms with E-state index < -0.39 is 16.1 Å². The van der Waals surface area contributed by atoms with Crippen molar-refractivity contribution in [2.75, 3.05) is 11.5 Å².